The minimum absolute atomic E-state index is 0.0609. The van der Waals surface area contributed by atoms with E-state index < -0.39 is 20.4 Å². The monoisotopic (exact) mass is 506 g/mol. The molecule has 35 heavy (non-hydrogen) atoms. The van der Waals surface area contributed by atoms with Crippen molar-refractivity contribution in [2.45, 2.75) is 50.2 Å². The van der Waals surface area contributed by atoms with Gasteiger partial charge in [-0.25, -0.2) is 23.2 Å². The number of rotatable bonds is 6. The van der Waals surface area contributed by atoms with Crippen LogP contribution >= 0.6 is 0 Å². The maximum absolute atomic E-state index is 12.3. The molecular formula is C22H30N6O6S. The number of aromatic nitrogens is 2. The molecule has 1 aromatic carbocycles. The van der Waals surface area contributed by atoms with E-state index in [-0.39, 0.29) is 34.4 Å². The molecule has 0 spiro atoms. The molecule has 1 saturated heterocycles. The van der Waals surface area contributed by atoms with Gasteiger partial charge in [0, 0.05) is 38.1 Å². The van der Waals surface area contributed by atoms with E-state index in [1.807, 2.05) is 20.8 Å². The van der Waals surface area contributed by atoms with Crippen molar-refractivity contribution in [1.82, 2.24) is 14.9 Å². The van der Waals surface area contributed by atoms with Crippen LogP contribution in [0.1, 0.15) is 33.6 Å². The molecule has 0 saturated carbocycles. The molecule has 1 aromatic heterocycles. The van der Waals surface area contributed by atoms with Crippen LogP contribution in [-0.4, -0.2) is 72.3 Å². The number of ether oxygens (including phenoxy) is 1. The number of nitrogens with one attached hydrogen (secondary N) is 1. The first-order valence-electron chi connectivity index (χ1n) is 11.0. The summed E-state index contributed by atoms with van der Waals surface area (Å²) in [6.07, 6.45) is 3.10. The van der Waals surface area contributed by atoms with E-state index in [1.165, 1.54) is 23.4 Å². The number of nitrogens with zero attached hydrogens (tertiary/aromatic N) is 5. The van der Waals surface area contributed by atoms with Gasteiger partial charge in [-0.15, -0.1) is 0 Å². The minimum atomic E-state index is -3.37. The third-order valence-electron chi connectivity index (χ3n) is 5.44. The number of piperidine rings is 1. The van der Waals surface area contributed by atoms with Gasteiger partial charge in [-0.1, -0.05) is 0 Å². The number of hydrogen-bond donors (Lipinski definition) is 1. The van der Waals surface area contributed by atoms with Crippen LogP contribution in [0.2, 0.25) is 0 Å². The standard InChI is InChI=1S/C22H30N6O6S/c1-22(2,3)34-21(29)27-12-10-15(11-13-27)25-19-18(28(30)31)20(24-14-23-19)26(4)16-6-8-17(9-7-16)35(5,32)33/h6-9,14-15H,10-13H2,1-5H3,(H,23,24,25). The van der Waals surface area contributed by atoms with Crippen molar-refractivity contribution < 1.29 is 22.9 Å². The van der Waals surface area contributed by atoms with E-state index in [2.05, 4.69) is 15.3 Å². The topological polar surface area (TPSA) is 148 Å². The molecule has 3 rings (SSSR count). The Bertz CT molecular complexity index is 1190. The minimum Gasteiger partial charge on any atom is -0.444 e. The van der Waals surface area contributed by atoms with Crippen LogP contribution < -0.4 is 10.2 Å². The predicted molar refractivity (Wildman–Crippen MR) is 131 cm³/mol. The largest absolute Gasteiger partial charge is 0.444 e. The van der Waals surface area contributed by atoms with Crippen molar-refractivity contribution in [1.29, 1.82) is 0 Å². The quantitative estimate of drug-likeness (QED) is 0.456. The lowest BCUT2D eigenvalue weighted by Crippen LogP contribution is -2.44. The molecule has 12 nitrogen and oxygen atoms in total. The van der Waals surface area contributed by atoms with Gasteiger partial charge in [0.2, 0.25) is 11.6 Å². The first kappa shape index (κ1) is 26.1. The molecule has 0 radical (unpaired) electrons. The Morgan fingerprint density at radius 2 is 1.80 bits per heavy atom. The zero-order chi connectivity index (χ0) is 26.0. The van der Waals surface area contributed by atoms with Crippen LogP contribution in [0, 0.1) is 10.1 Å². The number of carbonyl (C=O) groups excluding carboxylic acids is 1. The zero-order valence-corrected chi connectivity index (χ0v) is 21.2. The van der Waals surface area contributed by atoms with Crippen LogP contribution in [0.25, 0.3) is 0 Å². The summed E-state index contributed by atoms with van der Waals surface area (Å²) in [6.45, 7) is 6.32. The van der Waals surface area contributed by atoms with Crippen molar-refractivity contribution in [3.63, 3.8) is 0 Å². The SMILES string of the molecule is CN(c1ccc(S(C)(=O)=O)cc1)c1ncnc(NC2CCN(C(=O)OC(C)(C)C)CC2)c1[N+](=O)[O-]. The number of sulfone groups is 1. The second-order valence-corrected chi connectivity index (χ2v) is 11.4. The summed E-state index contributed by atoms with van der Waals surface area (Å²) in [6, 6.07) is 5.86. The van der Waals surface area contributed by atoms with Gasteiger partial charge >= 0.3 is 11.8 Å². The maximum atomic E-state index is 12.3. The van der Waals surface area contributed by atoms with Gasteiger partial charge in [-0.2, -0.15) is 0 Å². The van der Waals surface area contributed by atoms with Crippen molar-refractivity contribution in [2.75, 3.05) is 36.6 Å². The summed E-state index contributed by atoms with van der Waals surface area (Å²) in [5, 5.41) is 15.1. The smallest absolute Gasteiger partial charge is 0.410 e. The summed E-state index contributed by atoms with van der Waals surface area (Å²) in [4.78, 5) is 35.2. The second-order valence-electron chi connectivity index (χ2n) is 9.36. The number of benzene rings is 1. The van der Waals surface area contributed by atoms with Crippen LogP contribution in [-0.2, 0) is 14.6 Å². The van der Waals surface area contributed by atoms with Gasteiger partial charge in [0.25, 0.3) is 0 Å². The highest BCUT2D eigenvalue weighted by Crippen LogP contribution is 2.36. The third kappa shape index (κ3) is 6.56. The van der Waals surface area contributed by atoms with E-state index in [1.54, 1.807) is 24.1 Å². The summed E-state index contributed by atoms with van der Waals surface area (Å²) < 4.78 is 28.8. The number of amides is 1. The van der Waals surface area contributed by atoms with Gasteiger partial charge in [-0.3, -0.25) is 10.1 Å². The van der Waals surface area contributed by atoms with Gasteiger partial charge in [0.15, 0.2) is 9.84 Å². The van der Waals surface area contributed by atoms with E-state index in [0.29, 0.717) is 31.6 Å². The molecule has 1 aliphatic heterocycles. The molecule has 1 fully saturated rings. The van der Waals surface area contributed by atoms with Gasteiger partial charge < -0.3 is 19.9 Å². The fourth-order valence-corrected chi connectivity index (χ4v) is 4.28. The van der Waals surface area contributed by atoms with Gasteiger partial charge in [-0.05, 0) is 57.9 Å². The molecule has 0 bridgehead atoms. The molecule has 13 heteroatoms. The van der Waals surface area contributed by atoms with E-state index in [9.17, 15) is 23.3 Å². The van der Waals surface area contributed by atoms with Crippen molar-refractivity contribution in [2.24, 2.45) is 0 Å². The number of nitro groups is 1. The van der Waals surface area contributed by atoms with E-state index >= 15 is 0 Å². The van der Waals surface area contributed by atoms with Crippen molar-refractivity contribution in [3.05, 3.63) is 40.7 Å². The lowest BCUT2D eigenvalue weighted by atomic mass is 10.1. The van der Waals surface area contributed by atoms with E-state index in [0.717, 1.165) is 6.26 Å². The molecule has 0 unspecified atom stereocenters. The highest BCUT2D eigenvalue weighted by Gasteiger charge is 2.31. The highest BCUT2D eigenvalue weighted by atomic mass is 32.2. The Balaban J connectivity index is 1.77. The zero-order valence-electron chi connectivity index (χ0n) is 20.4. The Morgan fingerprint density at radius 1 is 1.20 bits per heavy atom. The van der Waals surface area contributed by atoms with Crippen LogP contribution in [0.5, 0.6) is 0 Å². The third-order valence-corrected chi connectivity index (χ3v) is 6.57. The molecule has 1 aliphatic rings. The maximum Gasteiger partial charge on any atom is 0.410 e. The molecular weight excluding hydrogens is 476 g/mol. The van der Waals surface area contributed by atoms with Crippen LogP contribution in [0.4, 0.5) is 27.8 Å². The molecule has 0 atom stereocenters. The van der Waals surface area contributed by atoms with Gasteiger partial charge in [0.05, 0.1) is 9.82 Å². The molecule has 190 valence electrons. The summed E-state index contributed by atoms with van der Waals surface area (Å²) in [5.74, 6) is 0.140. The lowest BCUT2D eigenvalue weighted by molar-refractivity contribution is -0.383. The predicted octanol–water partition coefficient (Wildman–Crippen LogP) is 3.37. The first-order chi connectivity index (χ1) is 16.3. The Hall–Kier alpha value is -3.48. The summed E-state index contributed by atoms with van der Waals surface area (Å²) in [7, 11) is -1.76. The van der Waals surface area contributed by atoms with Gasteiger partial charge in [0.1, 0.15) is 11.9 Å². The average Bonchev–Trinajstić information content (AvgIpc) is 2.77. The number of likely N-dealkylation sites (tertiary alicyclic amines) is 1. The molecule has 1 amide bonds. The van der Waals surface area contributed by atoms with Crippen LogP contribution in [0.15, 0.2) is 35.5 Å². The number of anilines is 3. The number of carbonyl (C=O) groups is 1. The first-order valence-corrected chi connectivity index (χ1v) is 12.9. The molecule has 2 heterocycles. The summed E-state index contributed by atoms with van der Waals surface area (Å²) in [5.41, 5.74) is -0.353. The van der Waals surface area contributed by atoms with E-state index in [4.69, 9.17) is 4.74 Å². The highest BCUT2D eigenvalue weighted by molar-refractivity contribution is 7.90. The van der Waals surface area contributed by atoms with Crippen molar-refractivity contribution in [3.8, 4) is 0 Å². The molecule has 1 N–H and O–H groups in total. The molecule has 2 aromatic rings. The second kappa shape index (κ2) is 10.0. The number of hydrogen-bond acceptors (Lipinski definition) is 10. The fourth-order valence-electron chi connectivity index (χ4n) is 3.65. The van der Waals surface area contributed by atoms with Crippen LogP contribution in [0.3, 0.4) is 0 Å². The normalized spacial score (nSPS) is 14.9. The fraction of sp³-hybridized carbons (Fsp3) is 0.500. The lowest BCUT2D eigenvalue weighted by Gasteiger charge is -2.33. The van der Waals surface area contributed by atoms with Crippen molar-refractivity contribution >= 4 is 38.9 Å². The molecule has 0 aliphatic carbocycles. The Labute approximate surface area is 204 Å². The summed E-state index contributed by atoms with van der Waals surface area (Å²) >= 11 is 0. The Kier molecular flexibility index (Phi) is 7.48. The Morgan fingerprint density at radius 3 is 2.31 bits per heavy atom. The average molecular weight is 507 g/mol.